The Morgan fingerprint density at radius 2 is 1.09 bits per heavy atom. The summed E-state index contributed by atoms with van der Waals surface area (Å²) in [7, 11) is 0. The third-order valence-electron chi connectivity index (χ3n) is 8.76. The molecule has 0 aliphatic heterocycles. The highest BCUT2D eigenvalue weighted by molar-refractivity contribution is 5.91. The van der Waals surface area contributed by atoms with Gasteiger partial charge in [-0.25, -0.2) is 9.79 Å². The Bertz CT molecular complexity index is 1980. The van der Waals surface area contributed by atoms with Gasteiger partial charge in [-0.2, -0.15) is 5.26 Å². The fourth-order valence-corrected chi connectivity index (χ4v) is 5.56. The molecule has 2 atom stereocenters. The van der Waals surface area contributed by atoms with Crippen molar-refractivity contribution >= 4 is 51.1 Å². The highest BCUT2D eigenvalue weighted by atomic mass is 16.5. The molecule has 284 valence electrons. The number of isocyanates is 1. The number of carbonyl (C=O) groups is 4. The van der Waals surface area contributed by atoms with Gasteiger partial charge in [0.2, 0.25) is 6.08 Å². The molecule has 0 aromatic heterocycles. The summed E-state index contributed by atoms with van der Waals surface area (Å²) in [6, 6.07) is 22.5. The number of hydrogen-bond donors (Lipinski definition) is 2. The summed E-state index contributed by atoms with van der Waals surface area (Å²) >= 11 is 0. The minimum Gasteiger partial charge on any atom is -0.427 e. The number of ether oxygens (including phenoxy) is 3. The molecule has 0 aliphatic carbocycles. The van der Waals surface area contributed by atoms with E-state index in [1.165, 1.54) is 6.08 Å². The zero-order valence-corrected chi connectivity index (χ0v) is 30.9. The third-order valence-corrected chi connectivity index (χ3v) is 8.76. The van der Waals surface area contributed by atoms with Crippen molar-refractivity contribution in [3.8, 4) is 17.8 Å². The number of rotatable bonds is 20. The van der Waals surface area contributed by atoms with Crippen molar-refractivity contribution < 1.29 is 38.2 Å². The molecule has 0 saturated carbocycles. The number of esters is 2. The Balaban J connectivity index is 0.000000294. The molecule has 4 rings (SSSR count). The topological polar surface area (TPSA) is 201 Å². The molecule has 4 N–H and O–H groups in total. The van der Waals surface area contributed by atoms with Crippen LogP contribution in [0.25, 0.3) is 21.5 Å². The van der Waals surface area contributed by atoms with E-state index in [0.717, 1.165) is 39.1 Å². The smallest absolute Gasteiger partial charge is 0.311 e. The maximum Gasteiger partial charge on any atom is 0.311 e. The van der Waals surface area contributed by atoms with Crippen LogP contribution in [0.3, 0.4) is 0 Å². The van der Waals surface area contributed by atoms with E-state index in [1.807, 2.05) is 68.4 Å². The average molecular weight is 737 g/mol. The van der Waals surface area contributed by atoms with Crippen LogP contribution in [-0.2, 0) is 28.7 Å². The van der Waals surface area contributed by atoms with Crippen molar-refractivity contribution in [1.29, 1.82) is 5.26 Å². The fourth-order valence-electron chi connectivity index (χ4n) is 5.56. The van der Waals surface area contributed by atoms with Gasteiger partial charge in [0.05, 0.1) is 6.54 Å². The van der Waals surface area contributed by atoms with Gasteiger partial charge in [-0.1, -0.05) is 62.4 Å². The predicted octanol–water partition coefficient (Wildman–Crippen LogP) is 6.71. The van der Waals surface area contributed by atoms with Crippen LogP contribution < -0.4 is 20.9 Å². The Morgan fingerprint density at radius 3 is 1.57 bits per heavy atom. The number of benzene rings is 4. The highest BCUT2D eigenvalue weighted by Crippen LogP contribution is 2.28. The lowest BCUT2D eigenvalue weighted by Crippen LogP contribution is -2.11. The molecule has 0 saturated heterocycles. The maximum atomic E-state index is 12.3. The first-order valence-corrected chi connectivity index (χ1v) is 18.1. The molecular formula is C42H48N4O8. The van der Waals surface area contributed by atoms with Gasteiger partial charge in [0.1, 0.15) is 29.7 Å². The van der Waals surface area contributed by atoms with E-state index < -0.39 is 0 Å². The van der Waals surface area contributed by atoms with Crippen LogP contribution in [-0.4, -0.2) is 55.8 Å². The summed E-state index contributed by atoms with van der Waals surface area (Å²) in [5.74, 6) is 0.191. The monoisotopic (exact) mass is 736 g/mol. The second-order valence-electron chi connectivity index (χ2n) is 12.8. The number of fused-ring (bicyclic) bond motifs is 2. The zero-order valence-electron chi connectivity index (χ0n) is 30.9. The predicted molar refractivity (Wildman–Crippen MR) is 206 cm³/mol. The number of nitrogens with two attached hydrogens (primary N) is 2. The molecule has 12 nitrogen and oxygen atoms in total. The molecule has 4 aromatic rings. The number of nitriles is 1. The minimum atomic E-state index is -0.388. The Kier molecular flexibility index (Phi) is 18.2. The lowest BCUT2D eigenvalue weighted by Gasteiger charge is -2.12. The molecule has 0 fully saturated rings. The van der Waals surface area contributed by atoms with Gasteiger partial charge in [-0.3, -0.25) is 19.2 Å². The molecule has 4 aromatic carbocycles. The standard InChI is InChI=1S/C22H22N2O5.C20H26N2O3/c1-16(21(26)4-2-10-24-15-25)17-6-7-19-13-20(9-8-18(19)12-17)29-22(27)5-3-11-28-14-23;1-14(19(23)4-2-10-21)15-6-7-17-13-18(9-8-16(17)12-15)25-20(24)5-3-11-22/h6-9,12-13,16H,2-5,10-11H2,1H3;6-9,12-14H,2-5,10-11,21-22H2,1H3/t16-;14-/m11/s1. The third kappa shape index (κ3) is 14.0. The SMILES string of the molecule is C[C@@H](C(=O)CCCN)c1ccc2cc(OC(=O)CCCN)ccc2c1.C[C@@H](C(=O)CCCN=C=O)c1ccc2cc(OC(=O)CCCOC#N)ccc2c1. The Morgan fingerprint density at radius 1 is 0.648 bits per heavy atom. The summed E-state index contributed by atoms with van der Waals surface area (Å²) in [6.45, 7) is 5.28. The van der Waals surface area contributed by atoms with Gasteiger partial charge in [0.25, 0.3) is 6.26 Å². The van der Waals surface area contributed by atoms with Crippen molar-refractivity contribution in [2.45, 2.75) is 77.0 Å². The Labute approximate surface area is 315 Å². The van der Waals surface area contributed by atoms with Crippen LogP contribution in [0.15, 0.2) is 77.8 Å². The first-order chi connectivity index (χ1) is 26.1. The van der Waals surface area contributed by atoms with Crippen molar-refractivity contribution in [1.82, 2.24) is 0 Å². The molecule has 12 heteroatoms. The number of nitrogens with zero attached hydrogens (tertiary/aromatic N) is 2. The number of carbonyl (C=O) groups excluding carboxylic acids is 5. The average Bonchev–Trinajstić information content (AvgIpc) is 3.18. The van der Waals surface area contributed by atoms with Crippen LogP contribution >= 0.6 is 0 Å². The second kappa shape index (κ2) is 23.0. The summed E-state index contributed by atoms with van der Waals surface area (Å²) < 4.78 is 15.2. The van der Waals surface area contributed by atoms with E-state index in [9.17, 15) is 24.0 Å². The molecule has 0 amide bonds. The first-order valence-electron chi connectivity index (χ1n) is 18.1. The molecule has 54 heavy (non-hydrogen) atoms. The van der Waals surface area contributed by atoms with Crippen molar-refractivity contribution in [2.24, 2.45) is 16.5 Å². The molecule has 0 heterocycles. The molecular weight excluding hydrogens is 688 g/mol. The van der Waals surface area contributed by atoms with Crippen molar-refractivity contribution in [3.05, 3.63) is 83.9 Å². The van der Waals surface area contributed by atoms with E-state index in [-0.39, 0.29) is 48.4 Å². The Hall–Kier alpha value is -5.73. The molecule has 0 bridgehead atoms. The van der Waals surface area contributed by atoms with Crippen LogP contribution in [0.2, 0.25) is 0 Å². The van der Waals surface area contributed by atoms with Crippen LogP contribution in [0, 0.1) is 11.5 Å². The number of Topliss-reactive ketones (excluding diaryl/α,β-unsaturated/α-hetero) is 2. The summed E-state index contributed by atoms with van der Waals surface area (Å²) in [5, 5.41) is 12.1. The quantitative estimate of drug-likeness (QED) is 0.0244. The van der Waals surface area contributed by atoms with Crippen LogP contribution in [0.5, 0.6) is 11.5 Å². The summed E-state index contributed by atoms with van der Waals surface area (Å²) in [6.07, 6.45) is 6.65. The molecule has 0 unspecified atom stereocenters. The van der Waals surface area contributed by atoms with Gasteiger partial charge in [0.15, 0.2) is 0 Å². The first kappa shape index (κ1) is 42.7. The van der Waals surface area contributed by atoms with E-state index in [2.05, 4.69) is 9.73 Å². The molecule has 0 radical (unpaired) electrons. The van der Waals surface area contributed by atoms with E-state index >= 15 is 0 Å². The number of hydrogen-bond acceptors (Lipinski definition) is 12. The number of ketones is 2. The van der Waals surface area contributed by atoms with Crippen LogP contribution in [0.1, 0.15) is 88.2 Å². The molecule has 0 spiro atoms. The lowest BCUT2D eigenvalue weighted by molar-refractivity contribution is -0.135. The minimum absolute atomic E-state index is 0.0939. The second-order valence-corrected chi connectivity index (χ2v) is 12.8. The van der Waals surface area contributed by atoms with Gasteiger partial charge in [0, 0.05) is 37.5 Å². The molecule has 0 aliphatic rings. The van der Waals surface area contributed by atoms with Crippen molar-refractivity contribution in [3.63, 3.8) is 0 Å². The van der Waals surface area contributed by atoms with Crippen molar-refractivity contribution in [2.75, 3.05) is 26.2 Å². The highest BCUT2D eigenvalue weighted by Gasteiger charge is 2.17. The van der Waals surface area contributed by atoms with E-state index in [1.54, 1.807) is 24.5 Å². The number of aliphatic imine (C=N–C) groups is 1. The normalized spacial score (nSPS) is 11.6. The fraction of sp³-hybridized carbons (Fsp3) is 0.381. The largest absolute Gasteiger partial charge is 0.427 e. The van der Waals surface area contributed by atoms with E-state index in [4.69, 9.17) is 26.2 Å². The zero-order chi connectivity index (χ0) is 39.3. The van der Waals surface area contributed by atoms with Gasteiger partial charge in [-0.05, 0) is 95.7 Å². The summed E-state index contributed by atoms with van der Waals surface area (Å²) in [4.78, 5) is 61.5. The van der Waals surface area contributed by atoms with Crippen LogP contribution in [0.4, 0.5) is 0 Å². The van der Waals surface area contributed by atoms with E-state index in [0.29, 0.717) is 69.7 Å². The maximum absolute atomic E-state index is 12.3. The lowest BCUT2D eigenvalue weighted by atomic mass is 9.92. The van der Waals surface area contributed by atoms with Gasteiger partial charge in [-0.15, -0.1) is 0 Å². The van der Waals surface area contributed by atoms with Gasteiger partial charge < -0.3 is 25.7 Å². The summed E-state index contributed by atoms with van der Waals surface area (Å²) in [5.41, 5.74) is 12.8. The van der Waals surface area contributed by atoms with Gasteiger partial charge >= 0.3 is 11.9 Å².